The number of hydrogen-bond donors (Lipinski definition) is 2. The van der Waals surface area contributed by atoms with Crippen molar-refractivity contribution in [2.45, 2.75) is 12.7 Å². The molecule has 0 bridgehead atoms. The minimum atomic E-state index is -0.551. The van der Waals surface area contributed by atoms with Crippen molar-refractivity contribution in [2.24, 2.45) is 0 Å². The summed E-state index contributed by atoms with van der Waals surface area (Å²) in [5.74, 6) is 1.60. The Bertz CT molecular complexity index is 580. The molecule has 2 N–H and O–H groups in total. The van der Waals surface area contributed by atoms with E-state index in [1.54, 1.807) is 13.4 Å². The molecule has 2 aromatic rings. The third-order valence-corrected chi connectivity index (χ3v) is 3.21. The van der Waals surface area contributed by atoms with E-state index in [9.17, 15) is 5.11 Å². The van der Waals surface area contributed by atoms with Crippen molar-refractivity contribution in [1.29, 1.82) is 0 Å². The van der Waals surface area contributed by atoms with Gasteiger partial charge in [0.15, 0.2) is 0 Å². The van der Waals surface area contributed by atoms with Gasteiger partial charge < -0.3 is 24.3 Å². The van der Waals surface area contributed by atoms with Crippen LogP contribution in [0.15, 0.2) is 53.2 Å². The van der Waals surface area contributed by atoms with E-state index in [1.807, 2.05) is 48.6 Å². The predicted octanol–water partition coefficient (Wildman–Crippen LogP) is 2.47. The number of hydrogen-bond acceptors (Lipinski definition) is 5. The van der Waals surface area contributed by atoms with Gasteiger partial charge in [-0.2, -0.15) is 0 Å². The Morgan fingerprint density at radius 1 is 1.26 bits per heavy atom. The van der Waals surface area contributed by atoms with Crippen molar-refractivity contribution in [3.05, 3.63) is 60.1 Å². The summed E-state index contributed by atoms with van der Waals surface area (Å²) >= 11 is 0. The molecule has 5 nitrogen and oxygen atoms in total. The van der Waals surface area contributed by atoms with Gasteiger partial charge in [0.2, 0.25) is 0 Å². The fraction of sp³-hybridized carbons (Fsp3) is 0.333. The second-order valence-electron chi connectivity index (χ2n) is 5.05. The molecule has 0 spiro atoms. The smallest absolute Gasteiger partial charge is 0.129 e. The van der Waals surface area contributed by atoms with E-state index < -0.39 is 6.10 Å². The quantitative estimate of drug-likeness (QED) is 0.659. The normalized spacial score (nSPS) is 12.6. The molecule has 1 heterocycles. The molecule has 0 amide bonds. The van der Waals surface area contributed by atoms with Crippen LogP contribution in [0.4, 0.5) is 0 Å². The second-order valence-corrected chi connectivity index (χ2v) is 5.05. The first-order valence-electron chi connectivity index (χ1n) is 7.58. The topological polar surface area (TPSA) is 63.9 Å². The highest BCUT2D eigenvalue weighted by Gasteiger charge is 2.04. The minimum Gasteiger partial charge on any atom is -0.496 e. The highest BCUT2D eigenvalue weighted by Crippen LogP contribution is 2.18. The average Bonchev–Trinajstić information content (AvgIpc) is 3.08. The van der Waals surface area contributed by atoms with Gasteiger partial charge in [0.1, 0.15) is 18.1 Å². The number of methoxy groups -OCH3 is 1. The zero-order chi connectivity index (χ0) is 16.3. The lowest BCUT2D eigenvalue weighted by molar-refractivity contribution is 0.0231. The van der Waals surface area contributed by atoms with Crippen LogP contribution >= 0.6 is 0 Å². The molecule has 0 fully saturated rings. The number of furan rings is 1. The maximum absolute atomic E-state index is 9.81. The third kappa shape index (κ3) is 6.28. The molecule has 0 saturated carbocycles. The fourth-order valence-electron chi connectivity index (χ4n) is 2.07. The first-order chi connectivity index (χ1) is 11.3. The molecule has 0 saturated heterocycles. The molecular formula is C18H23NO4. The van der Waals surface area contributed by atoms with Crippen molar-refractivity contribution in [3.8, 4) is 5.75 Å². The van der Waals surface area contributed by atoms with Gasteiger partial charge in [-0.1, -0.05) is 30.4 Å². The Hall–Kier alpha value is -2.08. The predicted molar refractivity (Wildman–Crippen MR) is 89.3 cm³/mol. The zero-order valence-electron chi connectivity index (χ0n) is 13.3. The number of ether oxygens (including phenoxy) is 2. The van der Waals surface area contributed by atoms with Crippen molar-refractivity contribution in [1.82, 2.24) is 5.32 Å². The molecule has 2 rings (SSSR count). The molecule has 0 aliphatic heterocycles. The van der Waals surface area contributed by atoms with Crippen molar-refractivity contribution in [3.63, 3.8) is 0 Å². The Labute approximate surface area is 136 Å². The summed E-state index contributed by atoms with van der Waals surface area (Å²) in [4.78, 5) is 0. The highest BCUT2D eigenvalue weighted by atomic mass is 16.5. The summed E-state index contributed by atoms with van der Waals surface area (Å²) in [5, 5.41) is 13.0. The molecule has 5 heteroatoms. The summed E-state index contributed by atoms with van der Waals surface area (Å²) in [6, 6.07) is 11.5. The molecule has 0 radical (unpaired) electrons. The SMILES string of the molecule is COc1ccccc1/C=C/CNCC(O)COCc1ccco1. The maximum atomic E-state index is 9.81. The minimum absolute atomic E-state index is 0.268. The van der Waals surface area contributed by atoms with Gasteiger partial charge >= 0.3 is 0 Å². The Kier molecular flexibility index (Phi) is 7.39. The van der Waals surface area contributed by atoms with Gasteiger partial charge in [-0.15, -0.1) is 0 Å². The Morgan fingerprint density at radius 2 is 2.13 bits per heavy atom. The van der Waals surface area contributed by atoms with Gasteiger partial charge in [-0.05, 0) is 18.2 Å². The molecule has 0 aliphatic carbocycles. The summed E-state index contributed by atoms with van der Waals surface area (Å²) < 4.78 is 15.8. The first kappa shape index (κ1) is 17.3. The van der Waals surface area contributed by atoms with Gasteiger partial charge in [-0.25, -0.2) is 0 Å². The lowest BCUT2D eigenvalue weighted by Crippen LogP contribution is -2.30. The lowest BCUT2D eigenvalue weighted by Gasteiger charge is -2.11. The van der Waals surface area contributed by atoms with E-state index in [2.05, 4.69) is 5.32 Å². The van der Waals surface area contributed by atoms with E-state index in [-0.39, 0.29) is 6.61 Å². The number of aliphatic hydroxyl groups excluding tert-OH is 1. The van der Waals surface area contributed by atoms with Crippen LogP contribution in [0.3, 0.4) is 0 Å². The van der Waals surface area contributed by atoms with Crippen molar-refractivity contribution >= 4 is 6.08 Å². The van der Waals surface area contributed by atoms with Crippen LogP contribution in [0.5, 0.6) is 5.75 Å². The summed E-state index contributed by atoms with van der Waals surface area (Å²) in [6.07, 6.45) is 5.04. The van der Waals surface area contributed by atoms with Gasteiger partial charge in [-0.3, -0.25) is 0 Å². The van der Waals surface area contributed by atoms with E-state index in [0.717, 1.165) is 17.1 Å². The maximum Gasteiger partial charge on any atom is 0.129 e. The number of benzene rings is 1. The van der Waals surface area contributed by atoms with Gasteiger partial charge in [0.25, 0.3) is 0 Å². The summed E-state index contributed by atoms with van der Waals surface area (Å²) in [7, 11) is 1.66. The molecule has 1 atom stereocenters. The van der Waals surface area contributed by atoms with Crippen LogP contribution in [0.25, 0.3) is 6.08 Å². The molecule has 124 valence electrons. The standard InChI is InChI=1S/C18H23NO4/c1-21-18-9-3-2-6-15(18)7-4-10-19-12-16(20)13-22-14-17-8-5-11-23-17/h2-9,11,16,19-20H,10,12-14H2,1H3/b7-4+. The van der Waals surface area contributed by atoms with Crippen LogP contribution in [0, 0.1) is 0 Å². The van der Waals surface area contributed by atoms with Crippen LogP contribution in [-0.4, -0.2) is 38.0 Å². The largest absolute Gasteiger partial charge is 0.496 e. The Balaban J connectivity index is 1.60. The average molecular weight is 317 g/mol. The number of para-hydroxylation sites is 1. The van der Waals surface area contributed by atoms with E-state index in [4.69, 9.17) is 13.9 Å². The van der Waals surface area contributed by atoms with Crippen LogP contribution in [0.2, 0.25) is 0 Å². The van der Waals surface area contributed by atoms with Crippen LogP contribution < -0.4 is 10.1 Å². The van der Waals surface area contributed by atoms with Crippen molar-refractivity contribution < 1.29 is 19.0 Å². The molecule has 1 unspecified atom stereocenters. The second kappa shape index (κ2) is 9.84. The summed E-state index contributed by atoms with van der Waals surface area (Å²) in [6.45, 7) is 1.77. The third-order valence-electron chi connectivity index (χ3n) is 3.21. The molecule has 0 aliphatic rings. The molecule has 1 aromatic heterocycles. The number of nitrogens with one attached hydrogen (secondary N) is 1. The monoisotopic (exact) mass is 317 g/mol. The van der Waals surface area contributed by atoms with E-state index >= 15 is 0 Å². The molecule has 1 aromatic carbocycles. The zero-order valence-corrected chi connectivity index (χ0v) is 13.3. The lowest BCUT2D eigenvalue weighted by atomic mass is 10.2. The Morgan fingerprint density at radius 3 is 2.91 bits per heavy atom. The summed E-state index contributed by atoms with van der Waals surface area (Å²) in [5.41, 5.74) is 1.03. The van der Waals surface area contributed by atoms with Crippen LogP contribution in [-0.2, 0) is 11.3 Å². The fourth-order valence-corrected chi connectivity index (χ4v) is 2.07. The number of aliphatic hydroxyl groups is 1. The van der Waals surface area contributed by atoms with E-state index in [0.29, 0.717) is 19.7 Å². The van der Waals surface area contributed by atoms with E-state index in [1.165, 1.54) is 0 Å². The first-order valence-corrected chi connectivity index (χ1v) is 7.58. The number of rotatable bonds is 10. The molecule has 23 heavy (non-hydrogen) atoms. The van der Waals surface area contributed by atoms with Crippen LogP contribution in [0.1, 0.15) is 11.3 Å². The highest BCUT2D eigenvalue weighted by molar-refractivity contribution is 5.57. The van der Waals surface area contributed by atoms with Gasteiger partial charge in [0, 0.05) is 18.7 Å². The van der Waals surface area contributed by atoms with Gasteiger partial charge in [0.05, 0.1) is 26.1 Å². The molecular weight excluding hydrogens is 294 g/mol. The van der Waals surface area contributed by atoms with Crippen molar-refractivity contribution in [2.75, 3.05) is 26.8 Å².